The van der Waals surface area contributed by atoms with Gasteiger partial charge in [-0.3, -0.25) is 14.6 Å². The Balaban J connectivity index is 1.78. The molecule has 23 heavy (non-hydrogen) atoms. The monoisotopic (exact) mass is 312 g/mol. The van der Waals surface area contributed by atoms with Gasteiger partial charge in [-0.2, -0.15) is 0 Å². The van der Waals surface area contributed by atoms with Gasteiger partial charge in [0.15, 0.2) is 0 Å². The molecule has 2 rings (SSSR count). The van der Waals surface area contributed by atoms with Crippen LogP contribution in [0.2, 0.25) is 0 Å². The lowest BCUT2D eigenvalue weighted by Crippen LogP contribution is -2.27. The lowest BCUT2D eigenvalue weighted by Gasteiger charge is -2.13. The number of hydrogen-bond acceptors (Lipinski definition) is 4. The number of nitrogens with one attached hydrogen (secondary N) is 2. The molecule has 0 unspecified atom stereocenters. The molecule has 0 atom stereocenters. The number of pyridine rings is 1. The van der Waals surface area contributed by atoms with Crippen molar-refractivity contribution in [3.05, 3.63) is 54.4 Å². The van der Waals surface area contributed by atoms with Crippen molar-refractivity contribution in [2.24, 2.45) is 0 Å². The van der Waals surface area contributed by atoms with Crippen LogP contribution in [-0.2, 0) is 16.1 Å². The van der Waals surface area contributed by atoms with Gasteiger partial charge in [-0.05, 0) is 42.0 Å². The highest BCUT2D eigenvalue weighted by Crippen LogP contribution is 2.15. The molecule has 1 aromatic carbocycles. The minimum atomic E-state index is -0.338. The van der Waals surface area contributed by atoms with Crippen molar-refractivity contribution in [2.45, 2.75) is 13.0 Å². The first kappa shape index (κ1) is 16.5. The van der Waals surface area contributed by atoms with Crippen LogP contribution in [0.25, 0.3) is 0 Å². The van der Waals surface area contributed by atoms with E-state index in [1.165, 1.54) is 0 Å². The molecule has 6 heteroatoms. The van der Waals surface area contributed by atoms with Crippen LogP contribution in [0.4, 0.5) is 11.4 Å². The van der Waals surface area contributed by atoms with E-state index in [2.05, 4.69) is 15.6 Å². The predicted octanol–water partition coefficient (Wildman–Crippen LogP) is 1.79. The summed E-state index contributed by atoms with van der Waals surface area (Å²) in [5.74, 6) is -0.654. The molecule has 6 nitrogen and oxygen atoms in total. The molecule has 0 radical (unpaired) electrons. The zero-order valence-corrected chi connectivity index (χ0v) is 13.2. The fourth-order valence-electron chi connectivity index (χ4n) is 1.96. The van der Waals surface area contributed by atoms with E-state index in [1.54, 1.807) is 12.4 Å². The smallest absolute Gasteiger partial charge is 0.233 e. The summed E-state index contributed by atoms with van der Waals surface area (Å²) in [4.78, 5) is 29.5. The van der Waals surface area contributed by atoms with Gasteiger partial charge in [0.25, 0.3) is 0 Å². The highest BCUT2D eigenvalue weighted by Gasteiger charge is 2.09. The maximum atomic E-state index is 11.9. The van der Waals surface area contributed by atoms with Crippen molar-refractivity contribution in [3.63, 3.8) is 0 Å². The topological polar surface area (TPSA) is 74.3 Å². The first-order valence-corrected chi connectivity index (χ1v) is 7.27. The summed E-state index contributed by atoms with van der Waals surface area (Å²) in [6.45, 7) is 0.381. The van der Waals surface area contributed by atoms with E-state index in [9.17, 15) is 9.59 Å². The van der Waals surface area contributed by atoms with Crippen LogP contribution in [0.15, 0.2) is 48.8 Å². The molecule has 2 amide bonds. The Morgan fingerprint density at radius 1 is 1.00 bits per heavy atom. The van der Waals surface area contributed by atoms with E-state index in [0.717, 1.165) is 11.3 Å². The molecular formula is C17H20N4O2. The van der Waals surface area contributed by atoms with Gasteiger partial charge in [0, 0.05) is 44.4 Å². The second kappa shape index (κ2) is 7.93. The van der Waals surface area contributed by atoms with Crippen LogP contribution >= 0.6 is 0 Å². The zero-order chi connectivity index (χ0) is 16.7. The molecule has 0 spiro atoms. The zero-order valence-electron chi connectivity index (χ0n) is 13.2. The molecule has 2 N–H and O–H groups in total. The number of rotatable bonds is 6. The normalized spacial score (nSPS) is 10.0. The van der Waals surface area contributed by atoms with Crippen molar-refractivity contribution < 1.29 is 9.59 Å². The molecule has 0 aliphatic rings. The molecule has 0 aliphatic carbocycles. The van der Waals surface area contributed by atoms with Crippen LogP contribution in [0.1, 0.15) is 12.0 Å². The molecule has 0 saturated heterocycles. The van der Waals surface area contributed by atoms with Crippen LogP contribution in [-0.4, -0.2) is 30.9 Å². The number of carbonyl (C=O) groups is 2. The van der Waals surface area contributed by atoms with E-state index >= 15 is 0 Å². The van der Waals surface area contributed by atoms with E-state index in [-0.39, 0.29) is 18.2 Å². The Morgan fingerprint density at radius 3 is 2.26 bits per heavy atom. The van der Waals surface area contributed by atoms with Gasteiger partial charge in [-0.25, -0.2) is 0 Å². The average molecular weight is 312 g/mol. The minimum absolute atomic E-state index is 0.208. The number of nitrogens with zero attached hydrogens (tertiary/aromatic N) is 2. The van der Waals surface area contributed by atoms with Gasteiger partial charge >= 0.3 is 0 Å². The summed E-state index contributed by atoms with van der Waals surface area (Å²) in [5.41, 5.74) is 2.65. The predicted molar refractivity (Wildman–Crippen MR) is 90.1 cm³/mol. The lowest BCUT2D eigenvalue weighted by atomic mass is 10.2. The van der Waals surface area contributed by atoms with Crippen LogP contribution in [0, 0.1) is 0 Å². The van der Waals surface area contributed by atoms with Crippen LogP contribution in [0.5, 0.6) is 0 Å². The Bertz CT molecular complexity index is 654. The third-order valence-electron chi connectivity index (χ3n) is 3.23. The number of aromatic nitrogens is 1. The van der Waals surface area contributed by atoms with Gasteiger partial charge in [0.1, 0.15) is 6.42 Å². The van der Waals surface area contributed by atoms with Gasteiger partial charge < -0.3 is 15.5 Å². The maximum absolute atomic E-state index is 11.9. The number of benzene rings is 1. The number of amides is 2. The highest BCUT2D eigenvalue weighted by atomic mass is 16.2. The Morgan fingerprint density at radius 2 is 1.65 bits per heavy atom. The fourth-order valence-corrected chi connectivity index (χ4v) is 1.96. The summed E-state index contributed by atoms with van der Waals surface area (Å²) < 4.78 is 0. The Kier molecular flexibility index (Phi) is 5.68. The quantitative estimate of drug-likeness (QED) is 0.798. The Hall–Kier alpha value is -2.89. The van der Waals surface area contributed by atoms with Gasteiger partial charge in [-0.15, -0.1) is 0 Å². The first-order valence-electron chi connectivity index (χ1n) is 7.27. The molecule has 2 aromatic rings. The molecule has 1 aromatic heterocycles. The average Bonchev–Trinajstić information content (AvgIpc) is 2.54. The molecule has 1 heterocycles. The fraction of sp³-hybridized carbons (Fsp3) is 0.235. The second-order valence-electron chi connectivity index (χ2n) is 5.30. The van der Waals surface area contributed by atoms with Gasteiger partial charge in [-0.1, -0.05) is 0 Å². The third-order valence-corrected chi connectivity index (χ3v) is 3.23. The van der Waals surface area contributed by atoms with Crippen molar-refractivity contribution in [1.29, 1.82) is 0 Å². The number of carbonyl (C=O) groups excluding carboxylic acids is 2. The number of anilines is 2. The first-order chi connectivity index (χ1) is 11.0. The van der Waals surface area contributed by atoms with Gasteiger partial charge in [0.05, 0.1) is 0 Å². The van der Waals surface area contributed by atoms with E-state index < -0.39 is 0 Å². The second-order valence-corrected chi connectivity index (χ2v) is 5.30. The molecule has 0 bridgehead atoms. The van der Waals surface area contributed by atoms with E-state index in [4.69, 9.17) is 0 Å². The van der Waals surface area contributed by atoms with E-state index in [0.29, 0.717) is 12.2 Å². The Labute approximate surface area is 135 Å². The number of hydrogen-bond donors (Lipinski definition) is 2. The SMILES string of the molecule is CN(C)c1ccc(NC(=O)CC(=O)NCc2ccncc2)cc1. The summed E-state index contributed by atoms with van der Waals surface area (Å²) >= 11 is 0. The van der Waals surface area contributed by atoms with Crippen molar-refractivity contribution in [3.8, 4) is 0 Å². The molecule has 120 valence electrons. The molecular weight excluding hydrogens is 292 g/mol. The third kappa shape index (κ3) is 5.43. The highest BCUT2D eigenvalue weighted by molar-refractivity contribution is 6.03. The van der Waals surface area contributed by atoms with Crippen LogP contribution < -0.4 is 15.5 Å². The van der Waals surface area contributed by atoms with E-state index in [1.807, 2.05) is 55.4 Å². The van der Waals surface area contributed by atoms with Crippen molar-refractivity contribution in [2.75, 3.05) is 24.3 Å². The van der Waals surface area contributed by atoms with Crippen molar-refractivity contribution >= 4 is 23.2 Å². The summed E-state index contributed by atoms with van der Waals surface area (Å²) in [5, 5.41) is 5.41. The van der Waals surface area contributed by atoms with Gasteiger partial charge in [0.2, 0.25) is 11.8 Å². The van der Waals surface area contributed by atoms with Crippen molar-refractivity contribution in [1.82, 2.24) is 10.3 Å². The summed E-state index contributed by atoms with van der Waals surface area (Å²) in [6.07, 6.45) is 3.11. The molecule has 0 saturated carbocycles. The minimum Gasteiger partial charge on any atom is -0.378 e. The molecule has 0 aliphatic heterocycles. The molecule has 0 fully saturated rings. The lowest BCUT2D eigenvalue weighted by molar-refractivity contribution is -0.126. The summed E-state index contributed by atoms with van der Waals surface area (Å²) in [7, 11) is 3.89. The largest absolute Gasteiger partial charge is 0.378 e. The standard InChI is InChI=1S/C17H20N4O2/c1-21(2)15-5-3-14(4-6-15)20-17(23)11-16(22)19-12-13-7-9-18-10-8-13/h3-10H,11-12H2,1-2H3,(H,19,22)(H,20,23). The van der Waals surface area contributed by atoms with Crippen LogP contribution in [0.3, 0.4) is 0 Å². The summed E-state index contributed by atoms with van der Waals surface area (Å²) in [6, 6.07) is 11.0. The maximum Gasteiger partial charge on any atom is 0.233 e.